The molecule has 2 unspecified atom stereocenters. The van der Waals surface area contributed by atoms with Gasteiger partial charge in [0.15, 0.2) is 0 Å². The second kappa shape index (κ2) is 9.93. The van der Waals surface area contributed by atoms with Crippen LogP contribution < -0.4 is 5.73 Å². The molecule has 0 heterocycles. The first-order chi connectivity index (χ1) is 10.2. The lowest BCUT2D eigenvalue weighted by Gasteiger charge is -2.40. The zero-order chi connectivity index (χ0) is 15.7. The molecule has 0 aliphatic rings. The van der Waals surface area contributed by atoms with Crippen LogP contribution in [0.3, 0.4) is 0 Å². The molecule has 0 aromatic heterocycles. The van der Waals surface area contributed by atoms with Crippen molar-refractivity contribution >= 4 is 0 Å². The highest BCUT2D eigenvalue weighted by atomic mass is 16.5. The van der Waals surface area contributed by atoms with Crippen LogP contribution in [0.1, 0.15) is 45.1 Å². The summed E-state index contributed by atoms with van der Waals surface area (Å²) >= 11 is 0. The van der Waals surface area contributed by atoms with Crippen LogP contribution in [0.15, 0.2) is 30.3 Å². The Kier molecular flexibility index (Phi) is 8.58. The fourth-order valence-electron chi connectivity index (χ4n) is 3.18. The molecule has 120 valence electrons. The molecule has 2 N–H and O–H groups in total. The molecule has 0 amide bonds. The Morgan fingerprint density at radius 2 is 1.76 bits per heavy atom. The van der Waals surface area contributed by atoms with Gasteiger partial charge in [0.1, 0.15) is 0 Å². The van der Waals surface area contributed by atoms with Crippen LogP contribution >= 0.6 is 0 Å². The molecular formula is C18H32N2O. The summed E-state index contributed by atoms with van der Waals surface area (Å²) < 4.78 is 5.31. The number of hydrogen-bond acceptors (Lipinski definition) is 3. The van der Waals surface area contributed by atoms with Gasteiger partial charge in [0.25, 0.3) is 0 Å². The first-order valence-electron chi connectivity index (χ1n) is 8.19. The molecule has 1 aromatic rings. The van der Waals surface area contributed by atoms with Gasteiger partial charge in [-0.1, -0.05) is 51.1 Å². The van der Waals surface area contributed by atoms with E-state index in [9.17, 15) is 0 Å². The minimum absolute atomic E-state index is 0.354. The van der Waals surface area contributed by atoms with Crippen molar-refractivity contribution in [2.24, 2.45) is 5.73 Å². The maximum atomic E-state index is 6.15. The summed E-state index contributed by atoms with van der Waals surface area (Å²) in [6.45, 7) is 9.19. The lowest BCUT2D eigenvalue weighted by atomic mass is 9.90. The number of methoxy groups -OCH3 is 1. The van der Waals surface area contributed by atoms with E-state index >= 15 is 0 Å². The summed E-state index contributed by atoms with van der Waals surface area (Å²) in [7, 11) is 1.77. The Bertz CT molecular complexity index is 365. The number of nitrogens with zero attached hydrogens (tertiary/aromatic N) is 1. The fourth-order valence-corrected chi connectivity index (χ4v) is 3.18. The van der Waals surface area contributed by atoms with E-state index in [0.717, 1.165) is 26.0 Å². The SMILES string of the molecule is CCC(CC)N(CCOC)C(CN)C(C)c1ccccc1. The summed E-state index contributed by atoms with van der Waals surface area (Å²) in [6.07, 6.45) is 2.30. The molecule has 0 saturated heterocycles. The van der Waals surface area contributed by atoms with Gasteiger partial charge in [-0.25, -0.2) is 0 Å². The van der Waals surface area contributed by atoms with Crippen LogP contribution in [0.5, 0.6) is 0 Å². The van der Waals surface area contributed by atoms with Crippen LogP contribution in [0.2, 0.25) is 0 Å². The molecule has 0 fully saturated rings. The van der Waals surface area contributed by atoms with Gasteiger partial charge in [0, 0.05) is 32.3 Å². The van der Waals surface area contributed by atoms with Crippen molar-refractivity contribution < 1.29 is 4.74 Å². The summed E-state index contributed by atoms with van der Waals surface area (Å²) in [6, 6.07) is 11.6. The lowest BCUT2D eigenvalue weighted by molar-refractivity contribution is 0.0729. The van der Waals surface area contributed by atoms with Gasteiger partial charge in [-0.2, -0.15) is 0 Å². The molecule has 1 rings (SSSR count). The van der Waals surface area contributed by atoms with E-state index in [-0.39, 0.29) is 0 Å². The summed E-state index contributed by atoms with van der Waals surface area (Å²) in [4.78, 5) is 2.56. The highest BCUT2D eigenvalue weighted by Gasteiger charge is 2.28. The highest BCUT2D eigenvalue weighted by molar-refractivity contribution is 5.20. The largest absolute Gasteiger partial charge is 0.383 e. The molecule has 1 aromatic carbocycles. The summed E-state index contributed by atoms with van der Waals surface area (Å²) in [5.41, 5.74) is 7.51. The average Bonchev–Trinajstić information content (AvgIpc) is 2.54. The van der Waals surface area contributed by atoms with Crippen LogP contribution in [-0.2, 0) is 4.74 Å². The Morgan fingerprint density at radius 1 is 1.14 bits per heavy atom. The van der Waals surface area contributed by atoms with Gasteiger partial charge in [-0.15, -0.1) is 0 Å². The van der Waals surface area contributed by atoms with Gasteiger partial charge in [0.2, 0.25) is 0 Å². The van der Waals surface area contributed by atoms with Crippen LogP contribution in [-0.4, -0.2) is 43.8 Å². The lowest BCUT2D eigenvalue weighted by Crippen LogP contribution is -2.50. The summed E-state index contributed by atoms with van der Waals surface area (Å²) in [5, 5.41) is 0. The van der Waals surface area contributed by atoms with Crippen molar-refractivity contribution in [2.75, 3.05) is 26.8 Å². The third kappa shape index (κ3) is 5.10. The molecule has 0 spiro atoms. The highest BCUT2D eigenvalue weighted by Crippen LogP contribution is 2.25. The van der Waals surface area contributed by atoms with Gasteiger partial charge in [-0.05, 0) is 24.3 Å². The smallest absolute Gasteiger partial charge is 0.0589 e. The van der Waals surface area contributed by atoms with E-state index in [0.29, 0.717) is 24.5 Å². The zero-order valence-corrected chi connectivity index (χ0v) is 14.1. The minimum Gasteiger partial charge on any atom is -0.383 e. The van der Waals surface area contributed by atoms with Crippen molar-refractivity contribution in [2.45, 2.75) is 51.6 Å². The van der Waals surface area contributed by atoms with E-state index < -0.39 is 0 Å². The topological polar surface area (TPSA) is 38.5 Å². The van der Waals surface area contributed by atoms with Crippen LogP contribution in [0.4, 0.5) is 0 Å². The van der Waals surface area contributed by atoms with Gasteiger partial charge in [-0.3, -0.25) is 4.90 Å². The van der Waals surface area contributed by atoms with E-state index in [1.807, 2.05) is 0 Å². The molecule has 0 aliphatic carbocycles. The predicted octanol–water partition coefficient (Wildman–Crippen LogP) is 3.25. The van der Waals surface area contributed by atoms with Crippen molar-refractivity contribution in [3.63, 3.8) is 0 Å². The van der Waals surface area contributed by atoms with E-state index in [1.165, 1.54) is 5.56 Å². The third-order valence-corrected chi connectivity index (χ3v) is 4.54. The fraction of sp³-hybridized carbons (Fsp3) is 0.667. The Labute approximate surface area is 130 Å². The molecule has 2 atom stereocenters. The molecular weight excluding hydrogens is 260 g/mol. The molecule has 3 nitrogen and oxygen atoms in total. The van der Waals surface area contributed by atoms with E-state index in [1.54, 1.807) is 7.11 Å². The molecule has 0 radical (unpaired) electrons. The number of benzene rings is 1. The quantitative estimate of drug-likeness (QED) is 0.719. The monoisotopic (exact) mass is 292 g/mol. The van der Waals surface area contributed by atoms with Gasteiger partial charge in [0.05, 0.1) is 6.61 Å². The van der Waals surface area contributed by atoms with Crippen LogP contribution in [0, 0.1) is 0 Å². The van der Waals surface area contributed by atoms with E-state index in [2.05, 4.69) is 56.0 Å². The first kappa shape index (κ1) is 18.1. The number of hydrogen-bond donors (Lipinski definition) is 1. The molecule has 21 heavy (non-hydrogen) atoms. The van der Waals surface area contributed by atoms with Crippen molar-refractivity contribution in [3.05, 3.63) is 35.9 Å². The molecule has 0 aliphatic heterocycles. The van der Waals surface area contributed by atoms with E-state index in [4.69, 9.17) is 10.5 Å². The average molecular weight is 292 g/mol. The molecule has 3 heteroatoms. The minimum atomic E-state index is 0.354. The van der Waals surface area contributed by atoms with Gasteiger partial charge >= 0.3 is 0 Å². The number of ether oxygens (including phenoxy) is 1. The molecule has 0 bridgehead atoms. The second-order valence-electron chi connectivity index (χ2n) is 5.70. The maximum Gasteiger partial charge on any atom is 0.0589 e. The van der Waals surface area contributed by atoms with Crippen molar-refractivity contribution in [1.29, 1.82) is 0 Å². The third-order valence-electron chi connectivity index (χ3n) is 4.54. The Hall–Kier alpha value is -0.900. The first-order valence-corrected chi connectivity index (χ1v) is 8.19. The standard InChI is InChI=1S/C18H32N2O/c1-5-17(6-2)20(12-13-21-4)18(14-19)15(3)16-10-8-7-9-11-16/h7-11,15,17-18H,5-6,12-14,19H2,1-4H3. The number of nitrogens with two attached hydrogens (primary N) is 1. The predicted molar refractivity (Wildman–Crippen MR) is 90.7 cm³/mol. The Balaban J connectivity index is 2.94. The zero-order valence-electron chi connectivity index (χ0n) is 14.1. The normalized spacial score (nSPS) is 14.6. The number of rotatable bonds is 10. The second-order valence-corrected chi connectivity index (χ2v) is 5.70. The molecule has 0 saturated carbocycles. The van der Waals surface area contributed by atoms with Crippen LogP contribution in [0.25, 0.3) is 0 Å². The van der Waals surface area contributed by atoms with Crippen molar-refractivity contribution in [3.8, 4) is 0 Å². The van der Waals surface area contributed by atoms with Crippen molar-refractivity contribution in [1.82, 2.24) is 4.90 Å². The summed E-state index contributed by atoms with van der Waals surface area (Å²) in [5.74, 6) is 0.425. The maximum absolute atomic E-state index is 6.15. The Morgan fingerprint density at radius 3 is 2.24 bits per heavy atom. The van der Waals surface area contributed by atoms with Gasteiger partial charge < -0.3 is 10.5 Å².